The monoisotopic (exact) mass is 634 g/mol. The fraction of sp³-hybridized carbons (Fsp3) is 0.0588. The van der Waals surface area contributed by atoms with Gasteiger partial charge in [-0.1, -0.05) is 70.0 Å². The zero-order valence-corrected chi connectivity index (χ0v) is 24.9. The zero-order valence-electron chi connectivity index (χ0n) is 22.5. The fourth-order valence-electron chi connectivity index (χ4n) is 4.64. The van der Waals surface area contributed by atoms with Crippen molar-refractivity contribution in [3.8, 4) is 28.1 Å². The molecule has 6 nitrogen and oxygen atoms in total. The molecule has 42 heavy (non-hydrogen) atoms. The minimum absolute atomic E-state index is 0.194. The van der Waals surface area contributed by atoms with Crippen LogP contribution in [-0.2, 0) is 4.79 Å². The second kappa shape index (κ2) is 12.1. The first-order valence-electron chi connectivity index (χ1n) is 13.2. The first-order valence-corrected chi connectivity index (χ1v) is 14.4. The maximum atomic E-state index is 12.3. The maximum Gasteiger partial charge on any atom is 0.277 e. The third kappa shape index (κ3) is 6.17. The lowest BCUT2D eigenvalue weighted by Crippen LogP contribution is -2.24. The molecular weight excluding hydrogens is 612 g/mol. The van der Waals surface area contributed by atoms with Crippen molar-refractivity contribution in [3.05, 3.63) is 124 Å². The molecule has 206 valence electrons. The first-order chi connectivity index (χ1) is 20.4. The van der Waals surface area contributed by atoms with E-state index in [9.17, 15) is 4.79 Å². The molecule has 0 atom stereocenters. The number of nitrogens with one attached hydrogen (secondary N) is 1. The van der Waals surface area contributed by atoms with Gasteiger partial charge in [0.1, 0.15) is 10.9 Å². The van der Waals surface area contributed by atoms with Gasteiger partial charge in [-0.15, -0.1) is 0 Å². The summed E-state index contributed by atoms with van der Waals surface area (Å²) >= 11 is 9.88. The summed E-state index contributed by atoms with van der Waals surface area (Å²) in [7, 11) is 0. The maximum absolute atomic E-state index is 12.3. The van der Waals surface area contributed by atoms with Gasteiger partial charge in [-0.25, -0.2) is 15.4 Å². The van der Waals surface area contributed by atoms with Crippen molar-refractivity contribution in [1.29, 1.82) is 0 Å². The van der Waals surface area contributed by atoms with E-state index in [4.69, 9.17) is 21.3 Å². The number of hydrogen-bond donors (Lipinski definition) is 1. The van der Waals surface area contributed by atoms with Crippen molar-refractivity contribution < 1.29 is 9.53 Å². The summed E-state index contributed by atoms with van der Waals surface area (Å²) in [5.74, 6) is 0.161. The first kappa shape index (κ1) is 27.6. The quantitative estimate of drug-likeness (QED) is 0.109. The minimum Gasteiger partial charge on any atom is -0.484 e. The van der Waals surface area contributed by atoms with Gasteiger partial charge in [0.2, 0.25) is 0 Å². The van der Waals surface area contributed by atoms with Crippen LogP contribution in [0.4, 0.5) is 0 Å². The largest absolute Gasteiger partial charge is 0.484 e. The highest BCUT2D eigenvalue weighted by atomic mass is 79.9. The average molecular weight is 636 g/mol. The number of amides is 1. The van der Waals surface area contributed by atoms with E-state index in [1.807, 2.05) is 85.8 Å². The number of carbonyl (C=O) groups is 1. The normalized spacial score (nSPS) is 11.3. The van der Waals surface area contributed by atoms with Crippen LogP contribution in [0.1, 0.15) is 11.1 Å². The molecular formula is C34H24BrClN4O2. The summed E-state index contributed by atoms with van der Waals surface area (Å²) in [6.45, 7) is 1.81. The predicted octanol–water partition coefficient (Wildman–Crippen LogP) is 8.37. The van der Waals surface area contributed by atoms with Gasteiger partial charge in [0.25, 0.3) is 5.91 Å². The number of rotatable bonds is 7. The Hall–Kier alpha value is -4.59. The van der Waals surface area contributed by atoms with E-state index in [1.54, 1.807) is 0 Å². The Balaban J connectivity index is 1.12. The smallest absolute Gasteiger partial charge is 0.277 e. The lowest BCUT2D eigenvalue weighted by atomic mass is 9.98. The van der Waals surface area contributed by atoms with E-state index in [0.717, 1.165) is 54.2 Å². The molecule has 0 aliphatic heterocycles. The van der Waals surface area contributed by atoms with Crippen LogP contribution >= 0.6 is 27.5 Å². The van der Waals surface area contributed by atoms with Crippen molar-refractivity contribution in [2.24, 2.45) is 5.10 Å². The lowest BCUT2D eigenvalue weighted by Gasteiger charge is -2.11. The molecule has 2 heterocycles. The van der Waals surface area contributed by atoms with E-state index in [-0.39, 0.29) is 6.61 Å². The van der Waals surface area contributed by atoms with Crippen LogP contribution in [0.25, 0.3) is 44.2 Å². The molecule has 4 aromatic carbocycles. The van der Waals surface area contributed by atoms with Crippen LogP contribution in [0, 0.1) is 6.92 Å². The van der Waals surface area contributed by atoms with Gasteiger partial charge in [0.05, 0.1) is 22.9 Å². The average Bonchev–Trinajstić information content (AvgIpc) is 3.00. The zero-order chi connectivity index (χ0) is 29.1. The third-order valence-corrected chi connectivity index (χ3v) is 7.52. The summed E-state index contributed by atoms with van der Waals surface area (Å²) < 4.78 is 6.68. The van der Waals surface area contributed by atoms with Gasteiger partial charge in [0.15, 0.2) is 6.61 Å². The summed E-state index contributed by atoms with van der Waals surface area (Å²) in [5, 5.41) is 6.34. The summed E-state index contributed by atoms with van der Waals surface area (Å²) in [6.07, 6.45) is 1.47. The number of aromatic nitrogens is 2. The molecule has 2 aromatic heterocycles. The van der Waals surface area contributed by atoms with Crippen LogP contribution < -0.4 is 10.2 Å². The molecule has 0 spiro atoms. The van der Waals surface area contributed by atoms with Gasteiger partial charge >= 0.3 is 0 Å². The third-order valence-electron chi connectivity index (χ3n) is 6.72. The molecule has 8 heteroatoms. The second-order valence-corrected chi connectivity index (χ2v) is 11.0. The Labute approximate surface area is 256 Å². The highest BCUT2D eigenvalue weighted by Gasteiger charge is 2.11. The van der Waals surface area contributed by atoms with Gasteiger partial charge in [-0.2, -0.15) is 5.10 Å². The minimum atomic E-state index is -0.398. The van der Waals surface area contributed by atoms with Gasteiger partial charge in [-0.05, 0) is 84.3 Å². The number of halogens is 2. The van der Waals surface area contributed by atoms with Gasteiger partial charge in [0, 0.05) is 26.4 Å². The number of fused-ring (bicyclic) bond motifs is 2. The predicted molar refractivity (Wildman–Crippen MR) is 173 cm³/mol. The number of hydrazone groups is 1. The number of ether oxygens (including phenoxy) is 1. The van der Waals surface area contributed by atoms with Crippen molar-refractivity contribution in [2.75, 3.05) is 6.61 Å². The van der Waals surface area contributed by atoms with E-state index < -0.39 is 5.91 Å². The van der Waals surface area contributed by atoms with Crippen molar-refractivity contribution >= 4 is 61.5 Å². The molecule has 0 radical (unpaired) electrons. The van der Waals surface area contributed by atoms with Gasteiger partial charge in [-0.3, -0.25) is 4.79 Å². The summed E-state index contributed by atoms with van der Waals surface area (Å²) in [4.78, 5) is 21.7. The lowest BCUT2D eigenvalue weighted by molar-refractivity contribution is -0.123. The number of aryl methyl sites for hydroxylation is 1. The standard InChI is InChI=1S/C34H24BrClN4O2/c1-21-7-8-24-16-25(34(36)39-31(24)15-21)19-37-40-33(41)20-42-27-12-9-23(10-13-27)32-18-28(22-5-3-2-4-6-22)29-17-26(35)11-14-30(29)38-32/h2-19H,20H2,1H3,(H,40,41)/b37-19+. The van der Waals surface area contributed by atoms with Crippen molar-refractivity contribution in [3.63, 3.8) is 0 Å². The highest BCUT2D eigenvalue weighted by Crippen LogP contribution is 2.34. The molecule has 1 amide bonds. The fourth-order valence-corrected chi connectivity index (χ4v) is 5.20. The van der Waals surface area contributed by atoms with Crippen LogP contribution in [-0.4, -0.2) is 28.7 Å². The molecule has 0 aliphatic carbocycles. The van der Waals surface area contributed by atoms with Crippen molar-refractivity contribution in [1.82, 2.24) is 15.4 Å². The van der Waals surface area contributed by atoms with Crippen LogP contribution in [0.5, 0.6) is 5.75 Å². The number of benzene rings is 4. The van der Waals surface area contributed by atoms with Crippen LogP contribution in [0.3, 0.4) is 0 Å². The Kier molecular flexibility index (Phi) is 7.95. The Morgan fingerprint density at radius 3 is 2.52 bits per heavy atom. The number of nitrogens with zero attached hydrogens (tertiary/aromatic N) is 3. The molecule has 0 saturated carbocycles. The summed E-state index contributed by atoms with van der Waals surface area (Å²) in [5.41, 5.74) is 9.90. The molecule has 0 bridgehead atoms. The Bertz CT molecular complexity index is 1960. The molecule has 0 saturated heterocycles. The number of pyridine rings is 2. The van der Waals surface area contributed by atoms with Crippen molar-refractivity contribution in [2.45, 2.75) is 6.92 Å². The topological polar surface area (TPSA) is 76.5 Å². The SMILES string of the molecule is Cc1ccc2cc(/C=N/NC(=O)COc3ccc(-c4cc(-c5ccccc5)c5cc(Br)ccc5n4)cc3)c(Cl)nc2c1. The second-order valence-electron chi connectivity index (χ2n) is 9.75. The van der Waals surface area contributed by atoms with Crippen LogP contribution in [0.2, 0.25) is 5.15 Å². The number of hydrogen-bond acceptors (Lipinski definition) is 5. The van der Waals surface area contributed by atoms with Crippen LogP contribution in [0.15, 0.2) is 113 Å². The molecule has 1 N–H and O–H groups in total. The van der Waals surface area contributed by atoms with E-state index in [0.29, 0.717) is 16.5 Å². The molecule has 6 aromatic rings. The van der Waals surface area contributed by atoms with E-state index in [2.05, 4.69) is 55.7 Å². The summed E-state index contributed by atoms with van der Waals surface area (Å²) in [6, 6.07) is 33.8. The Morgan fingerprint density at radius 1 is 0.905 bits per heavy atom. The molecule has 6 rings (SSSR count). The molecule has 0 unspecified atom stereocenters. The number of carbonyl (C=O) groups excluding carboxylic acids is 1. The Morgan fingerprint density at radius 2 is 1.71 bits per heavy atom. The van der Waals surface area contributed by atoms with Gasteiger partial charge < -0.3 is 4.74 Å². The van der Waals surface area contributed by atoms with E-state index in [1.165, 1.54) is 6.21 Å². The highest BCUT2D eigenvalue weighted by molar-refractivity contribution is 9.10. The molecule has 0 aliphatic rings. The molecule has 0 fully saturated rings. The van der Waals surface area contributed by atoms with E-state index >= 15 is 0 Å².